The minimum absolute atomic E-state index is 0.00355. The molecule has 1 saturated heterocycles. The zero-order valence-corrected chi connectivity index (χ0v) is 10.7. The van der Waals surface area contributed by atoms with Crippen molar-refractivity contribution in [1.29, 1.82) is 0 Å². The van der Waals surface area contributed by atoms with Crippen molar-refractivity contribution in [2.45, 2.75) is 26.3 Å². The number of hydrogen-bond acceptors (Lipinski definition) is 3. The van der Waals surface area contributed by atoms with E-state index in [-0.39, 0.29) is 5.91 Å². The van der Waals surface area contributed by atoms with E-state index >= 15 is 0 Å². The summed E-state index contributed by atoms with van der Waals surface area (Å²) >= 11 is 0. The highest BCUT2D eigenvalue weighted by molar-refractivity contribution is 5.82. The molecule has 0 spiro atoms. The quantitative estimate of drug-likeness (QED) is 0.712. The van der Waals surface area contributed by atoms with Crippen LogP contribution in [0.25, 0.3) is 0 Å². The molecule has 102 valence electrons. The molecule has 0 bridgehead atoms. The zero-order chi connectivity index (χ0) is 13.7. The Morgan fingerprint density at radius 3 is 2.22 bits per heavy atom. The highest BCUT2D eigenvalue weighted by Gasteiger charge is 2.22. The van der Waals surface area contributed by atoms with Gasteiger partial charge < -0.3 is 20.2 Å². The average Bonchev–Trinajstić information content (AvgIpc) is 2.53. The molecule has 0 unspecified atom stereocenters. The molecule has 1 aliphatic rings. The van der Waals surface area contributed by atoms with Crippen LogP contribution >= 0.6 is 0 Å². The van der Waals surface area contributed by atoms with Gasteiger partial charge in [0.1, 0.15) is 6.04 Å². The monoisotopic (exact) mass is 257 g/mol. The van der Waals surface area contributed by atoms with Gasteiger partial charge in [-0.2, -0.15) is 0 Å². The lowest BCUT2D eigenvalue weighted by atomic mass is 10.3. The van der Waals surface area contributed by atoms with Gasteiger partial charge >= 0.3 is 12.0 Å². The van der Waals surface area contributed by atoms with E-state index in [0.717, 1.165) is 0 Å². The predicted molar refractivity (Wildman–Crippen MR) is 64.1 cm³/mol. The van der Waals surface area contributed by atoms with E-state index in [9.17, 15) is 14.4 Å². The van der Waals surface area contributed by atoms with Gasteiger partial charge in [0.2, 0.25) is 5.91 Å². The summed E-state index contributed by atoms with van der Waals surface area (Å²) in [7, 11) is 0. The smallest absolute Gasteiger partial charge is 0.325 e. The van der Waals surface area contributed by atoms with Crippen molar-refractivity contribution < 1.29 is 19.5 Å². The summed E-state index contributed by atoms with van der Waals surface area (Å²) in [5, 5.41) is 11.1. The second-order valence-electron chi connectivity index (χ2n) is 4.36. The molecule has 0 saturated carbocycles. The number of carboxylic acid groups (broad SMARTS) is 1. The molecule has 0 aromatic heterocycles. The Morgan fingerprint density at radius 2 is 1.67 bits per heavy atom. The highest BCUT2D eigenvalue weighted by Crippen LogP contribution is 2.04. The van der Waals surface area contributed by atoms with Crippen LogP contribution in [0.2, 0.25) is 0 Å². The van der Waals surface area contributed by atoms with Gasteiger partial charge in [-0.1, -0.05) is 0 Å². The summed E-state index contributed by atoms with van der Waals surface area (Å²) in [6.45, 7) is 5.00. The van der Waals surface area contributed by atoms with Crippen LogP contribution in [-0.4, -0.2) is 65.0 Å². The van der Waals surface area contributed by atoms with E-state index < -0.39 is 18.0 Å². The SMILES string of the molecule is CC(=O)N1CCCN(C(=O)N[C@H](C)C(=O)O)CC1. The second kappa shape index (κ2) is 6.23. The first-order valence-electron chi connectivity index (χ1n) is 5.95. The third-order valence-electron chi connectivity index (χ3n) is 2.94. The summed E-state index contributed by atoms with van der Waals surface area (Å²) in [5.74, 6) is -1.07. The first-order chi connectivity index (χ1) is 8.41. The number of aliphatic carboxylic acids is 1. The second-order valence-corrected chi connectivity index (χ2v) is 4.36. The molecule has 18 heavy (non-hydrogen) atoms. The van der Waals surface area contributed by atoms with Gasteiger partial charge in [0.25, 0.3) is 0 Å². The molecule has 1 atom stereocenters. The molecule has 1 rings (SSSR count). The number of carboxylic acids is 1. The molecular formula is C11H19N3O4. The maximum absolute atomic E-state index is 11.8. The van der Waals surface area contributed by atoms with Crippen LogP contribution in [0.3, 0.4) is 0 Å². The van der Waals surface area contributed by atoms with Crippen molar-refractivity contribution in [3.8, 4) is 0 Å². The lowest BCUT2D eigenvalue weighted by molar-refractivity contribution is -0.138. The van der Waals surface area contributed by atoms with Crippen LogP contribution in [0.4, 0.5) is 4.79 Å². The van der Waals surface area contributed by atoms with Crippen molar-refractivity contribution >= 4 is 17.9 Å². The molecule has 2 N–H and O–H groups in total. The van der Waals surface area contributed by atoms with Crippen molar-refractivity contribution in [2.75, 3.05) is 26.2 Å². The van der Waals surface area contributed by atoms with Crippen LogP contribution in [0.1, 0.15) is 20.3 Å². The minimum atomic E-state index is -1.07. The normalized spacial score (nSPS) is 17.9. The van der Waals surface area contributed by atoms with Crippen LogP contribution in [0, 0.1) is 0 Å². The van der Waals surface area contributed by atoms with E-state index in [4.69, 9.17) is 5.11 Å². The van der Waals surface area contributed by atoms with Gasteiger partial charge in [-0.25, -0.2) is 4.79 Å². The first kappa shape index (κ1) is 14.3. The van der Waals surface area contributed by atoms with Gasteiger partial charge in [-0.3, -0.25) is 9.59 Å². The molecule has 0 radical (unpaired) electrons. The number of hydrogen-bond donors (Lipinski definition) is 2. The lowest BCUT2D eigenvalue weighted by Crippen LogP contribution is -2.47. The third-order valence-corrected chi connectivity index (χ3v) is 2.94. The molecule has 3 amide bonds. The number of urea groups is 1. The molecule has 7 nitrogen and oxygen atoms in total. The van der Waals surface area contributed by atoms with Crippen LogP contribution in [0.5, 0.6) is 0 Å². The topological polar surface area (TPSA) is 90.0 Å². The number of rotatable bonds is 2. The standard InChI is InChI=1S/C11H19N3O4/c1-8(10(16)17)12-11(18)14-5-3-4-13(6-7-14)9(2)15/h8H,3-7H2,1-2H3,(H,12,18)(H,16,17)/t8-/m1/s1. The number of carbonyl (C=O) groups excluding carboxylic acids is 2. The summed E-state index contributed by atoms with van der Waals surface area (Å²) in [5.41, 5.74) is 0. The summed E-state index contributed by atoms with van der Waals surface area (Å²) in [6.07, 6.45) is 0.703. The Kier molecular flexibility index (Phi) is 4.94. The minimum Gasteiger partial charge on any atom is -0.480 e. The maximum atomic E-state index is 11.8. The van der Waals surface area contributed by atoms with Crippen LogP contribution in [0.15, 0.2) is 0 Å². The first-order valence-corrected chi connectivity index (χ1v) is 5.95. The molecule has 0 aromatic carbocycles. The van der Waals surface area contributed by atoms with Gasteiger partial charge in [0, 0.05) is 33.1 Å². The molecule has 1 heterocycles. The van der Waals surface area contributed by atoms with Gasteiger partial charge in [-0.05, 0) is 13.3 Å². The fourth-order valence-corrected chi connectivity index (χ4v) is 1.77. The third kappa shape index (κ3) is 3.90. The van der Waals surface area contributed by atoms with Crippen LogP contribution in [-0.2, 0) is 9.59 Å². The van der Waals surface area contributed by atoms with Gasteiger partial charge in [0.05, 0.1) is 0 Å². The fraction of sp³-hybridized carbons (Fsp3) is 0.727. The zero-order valence-electron chi connectivity index (χ0n) is 10.7. The summed E-state index contributed by atoms with van der Waals surface area (Å²) in [6, 6.07) is -1.31. The fourth-order valence-electron chi connectivity index (χ4n) is 1.77. The Morgan fingerprint density at radius 1 is 1.11 bits per heavy atom. The largest absolute Gasteiger partial charge is 0.480 e. The molecular weight excluding hydrogens is 238 g/mol. The van der Waals surface area contributed by atoms with E-state index in [0.29, 0.717) is 32.6 Å². The number of nitrogens with one attached hydrogen (secondary N) is 1. The van der Waals surface area contributed by atoms with Crippen molar-refractivity contribution in [2.24, 2.45) is 0 Å². The Labute approximate surface area is 106 Å². The molecule has 1 fully saturated rings. The molecule has 0 aromatic rings. The van der Waals surface area contributed by atoms with Crippen LogP contribution < -0.4 is 5.32 Å². The molecule has 7 heteroatoms. The van der Waals surface area contributed by atoms with Crippen molar-refractivity contribution in [3.05, 3.63) is 0 Å². The Bertz CT molecular complexity index is 345. The lowest BCUT2D eigenvalue weighted by Gasteiger charge is -2.22. The highest BCUT2D eigenvalue weighted by atomic mass is 16.4. The Hall–Kier alpha value is -1.79. The van der Waals surface area contributed by atoms with E-state index in [1.54, 1.807) is 9.80 Å². The van der Waals surface area contributed by atoms with Gasteiger partial charge in [0.15, 0.2) is 0 Å². The van der Waals surface area contributed by atoms with E-state index in [2.05, 4.69) is 5.32 Å². The molecule has 0 aliphatic carbocycles. The number of carbonyl (C=O) groups is 3. The van der Waals surface area contributed by atoms with Gasteiger partial charge in [-0.15, -0.1) is 0 Å². The maximum Gasteiger partial charge on any atom is 0.325 e. The van der Waals surface area contributed by atoms with E-state index in [1.165, 1.54) is 13.8 Å². The number of amides is 3. The van der Waals surface area contributed by atoms with Crippen molar-refractivity contribution in [3.63, 3.8) is 0 Å². The van der Waals surface area contributed by atoms with E-state index in [1.807, 2.05) is 0 Å². The average molecular weight is 257 g/mol. The molecule has 1 aliphatic heterocycles. The summed E-state index contributed by atoms with van der Waals surface area (Å²) < 4.78 is 0. The van der Waals surface area contributed by atoms with Crippen molar-refractivity contribution in [1.82, 2.24) is 15.1 Å². The predicted octanol–water partition coefficient (Wildman–Crippen LogP) is -0.277. The number of nitrogens with zero attached hydrogens (tertiary/aromatic N) is 2. The Balaban J connectivity index is 2.50. The summed E-state index contributed by atoms with van der Waals surface area (Å²) in [4.78, 5) is 36.9.